The highest BCUT2D eigenvalue weighted by Gasteiger charge is 2.15. The van der Waals surface area contributed by atoms with Crippen LogP contribution in [0.1, 0.15) is 49.1 Å². The molecule has 0 saturated heterocycles. The fourth-order valence-electron chi connectivity index (χ4n) is 1.69. The van der Waals surface area contributed by atoms with Gasteiger partial charge in [-0.25, -0.2) is 0 Å². The van der Waals surface area contributed by atoms with Gasteiger partial charge in [0.25, 0.3) is 0 Å². The molecule has 0 saturated carbocycles. The number of hydrogen-bond acceptors (Lipinski definition) is 2. The Morgan fingerprint density at radius 2 is 2.20 bits per heavy atom. The Hall–Kier alpha value is -0.0500. The van der Waals surface area contributed by atoms with Gasteiger partial charge in [0.1, 0.15) is 0 Å². The molecular formula is C12H20ClNS. The maximum Gasteiger partial charge on any atom is 0.0590 e. The Balaban J connectivity index is 2.61. The summed E-state index contributed by atoms with van der Waals surface area (Å²) in [5.74, 6) is 0. The van der Waals surface area contributed by atoms with Crippen LogP contribution in [0.3, 0.4) is 0 Å². The lowest BCUT2D eigenvalue weighted by Gasteiger charge is -2.15. The summed E-state index contributed by atoms with van der Waals surface area (Å²) in [4.78, 5) is 1.30. The SMILES string of the molecule is CCCCCC(NC)c1scc(C)c1Cl. The lowest BCUT2D eigenvalue weighted by molar-refractivity contribution is 0.518. The first-order valence-electron chi connectivity index (χ1n) is 5.61. The van der Waals surface area contributed by atoms with Gasteiger partial charge in [0.05, 0.1) is 5.02 Å². The summed E-state index contributed by atoms with van der Waals surface area (Å²) < 4.78 is 0. The highest BCUT2D eigenvalue weighted by Crippen LogP contribution is 2.34. The number of unbranched alkanes of at least 4 members (excludes halogenated alkanes) is 2. The first kappa shape index (κ1) is 13.0. The van der Waals surface area contributed by atoms with Gasteiger partial charge >= 0.3 is 0 Å². The molecule has 86 valence electrons. The van der Waals surface area contributed by atoms with E-state index in [1.807, 2.05) is 7.05 Å². The third kappa shape index (κ3) is 3.47. The van der Waals surface area contributed by atoms with Crippen molar-refractivity contribution in [2.45, 2.75) is 45.6 Å². The second-order valence-electron chi connectivity index (χ2n) is 3.93. The second kappa shape index (κ2) is 6.51. The standard InChI is InChI=1S/C12H20ClNS/c1-4-5-6-7-10(14-3)12-11(13)9(2)8-15-12/h8,10,14H,4-7H2,1-3H3. The van der Waals surface area contributed by atoms with Crippen LogP contribution in [0, 0.1) is 6.92 Å². The van der Waals surface area contributed by atoms with Crippen molar-refractivity contribution in [2.24, 2.45) is 0 Å². The molecule has 0 radical (unpaired) electrons. The van der Waals surface area contributed by atoms with Gasteiger partial charge in [0, 0.05) is 10.9 Å². The molecular weight excluding hydrogens is 226 g/mol. The highest BCUT2D eigenvalue weighted by molar-refractivity contribution is 7.10. The summed E-state index contributed by atoms with van der Waals surface area (Å²) in [6.45, 7) is 4.30. The topological polar surface area (TPSA) is 12.0 Å². The average Bonchev–Trinajstić information content (AvgIpc) is 2.56. The average molecular weight is 246 g/mol. The third-order valence-electron chi connectivity index (χ3n) is 2.69. The zero-order valence-corrected chi connectivity index (χ0v) is 11.3. The van der Waals surface area contributed by atoms with Crippen molar-refractivity contribution < 1.29 is 0 Å². The van der Waals surface area contributed by atoms with Crippen molar-refractivity contribution in [3.63, 3.8) is 0 Å². The molecule has 1 aromatic heterocycles. The first-order valence-corrected chi connectivity index (χ1v) is 6.87. The second-order valence-corrected chi connectivity index (χ2v) is 5.22. The minimum absolute atomic E-state index is 0.433. The molecule has 0 spiro atoms. The van der Waals surface area contributed by atoms with Crippen LogP contribution in [0.15, 0.2) is 5.38 Å². The number of hydrogen-bond donors (Lipinski definition) is 1. The minimum Gasteiger partial charge on any atom is -0.312 e. The van der Waals surface area contributed by atoms with E-state index in [0.717, 1.165) is 5.02 Å². The largest absolute Gasteiger partial charge is 0.312 e. The third-order valence-corrected chi connectivity index (χ3v) is 4.51. The molecule has 15 heavy (non-hydrogen) atoms. The van der Waals surface area contributed by atoms with Crippen LogP contribution < -0.4 is 5.32 Å². The molecule has 1 nitrogen and oxygen atoms in total. The van der Waals surface area contributed by atoms with Crippen molar-refractivity contribution in [3.8, 4) is 0 Å². The molecule has 1 heterocycles. The van der Waals surface area contributed by atoms with Crippen molar-refractivity contribution >= 4 is 22.9 Å². The quantitative estimate of drug-likeness (QED) is 0.725. The predicted molar refractivity (Wildman–Crippen MR) is 70.0 cm³/mol. The lowest BCUT2D eigenvalue weighted by Crippen LogP contribution is -2.15. The van der Waals surface area contributed by atoms with Crippen LogP contribution in [0.2, 0.25) is 5.02 Å². The van der Waals surface area contributed by atoms with E-state index in [0.29, 0.717) is 6.04 Å². The summed E-state index contributed by atoms with van der Waals surface area (Å²) in [6, 6.07) is 0.433. The van der Waals surface area contributed by atoms with Crippen LogP contribution in [0.5, 0.6) is 0 Å². The number of rotatable bonds is 6. The molecule has 3 heteroatoms. The fraction of sp³-hybridized carbons (Fsp3) is 0.667. The van der Waals surface area contributed by atoms with Crippen LogP contribution in [-0.2, 0) is 0 Å². The molecule has 0 fully saturated rings. The van der Waals surface area contributed by atoms with E-state index >= 15 is 0 Å². The molecule has 0 aromatic carbocycles. The minimum atomic E-state index is 0.433. The molecule has 0 aliphatic heterocycles. The monoisotopic (exact) mass is 245 g/mol. The first-order chi connectivity index (χ1) is 7.20. The summed E-state index contributed by atoms with van der Waals surface area (Å²) in [5.41, 5.74) is 1.20. The van der Waals surface area contributed by atoms with Crippen LogP contribution in [0.25, 0.3) is 0 Å². The van der Waals surface area contributed by atoms with Crippen LogP contribution in [-0.4, -0.2) is 7.05 Å². The Kier molecular flexibility index (Phi) is 5.65. The fourth-order valence-corrected chi connectivity index (χ4v) is 3.16. The summed E-state index contributed by atoms with van der Waals surface area (Å²) in [6.07, 6.45) is 5.03. The van der Waals surface area contributed by atoms with Gasteiger partial charge in [-0.1, -0.05) is 37.8 Å². The van der Waals surface area contributed by atoms with Gasteiger partial charge in [-0.05, 0) is 31.3 Å². The van der Waals surface area contributed by atoms with Crippen molar-refractivity contribution in [1.29, 1.82) is 0 Å². The zero-order valence-electron chi connectivity index (χ0n) is 9.77. The molecule has 0 amide bonds. The Labute approximate surface area is 102 Å². The molecule has 0 aliphatic carbocycles. The van der Waals surface area contributed by atoms with Gasteiger partial charge in [-0.3, -0.25) is 0 Å². The number of thiophene rings is 1. The van der Waals surface area contributed by atoms with E-state index in [1.54, 1.807) is 11.3 Å². The van der Waals surface area contributed by atoms with E-state index in [2.05, 4.69) is 24.5 Å². The molecule has 1 aromatic rings. The molecule has 1 rings (SSSR count). The van der Waals surface area contributed by atoms with Gasteiger partial charge in [-0.2, -0.15) is 0 Å². The number of nitrogens with one attached hydrogen (secondary N) is 1. The lowest BCUT2D eigenvalue weighted by atomic mass is 10.1. The van der Waals surface area contributed by atoms with E-state index < -0.39 is 0 Å². The maximum absolute atomic E-state index is 6.27. The maximum atomic E-state index is 6.27. The Morgan fingerprint density at radius 1 is 1.47 bits per heavy atom. The van der Waals surface area contributed by atoms with Gasteiger partial charge < -0.3 is 5.32 Å². The van der Waals surface area contributed by atoms with Crippen molar-refractivity contribution in [1.82, 2.24) is 5.32 Å². The molecule has 0 bridgehead atoms. The van der Waals surface area contributed by atoms with Crippen molar-refractivity contribution in [3.05, 3.63) is 20.8 Å². The highest BCUT2D eigenvalue weighted by atomic mass is 35.5. The Bertz CT molecular complexity index is 296. The number of aryl methyl sites for hydroxylation is 1. The van der Waals surface area contributed by atoms with E-state index in [1.165, 1.54) is 36.1 Å². The summed E-state index contributed by atoms with van der Waals surface area (Å²) in [7, 11) is 2.02. The van der Waals surface area contributed by atoms with E-state index in [9.17, 15) is 0 Å². The molecule has 1 N–H and O–H groups in total. The van der Waals surface area contributed by atoms with Crippen molar-refractivity contribution in [2.75, 3.05) is 7.05 Å². The zero-order chi connectivity index (χ0) is 11.3. The predicted octanol–water partition coefficient (Wildman–Crippen LogP) is 4.55. The smallest absolute Gasteiger partial charge is 0.0590 e. The Morgan fingerprint density at radius 3 is 2.67 bits per heavy atom. The normalized spacial score (nSPS) is 13.1. The summed E-state index contributed by atoms with van der Waals surface area (Å²) >= 11 is 8.04. The molecule has 1 atom stereocenters. The van der Waals surface area contributed by atoms with E-state index in [4.69, 9.17) is 11.6 Å². The van der Waals surface area contributed by atoms with Gasteiger partial charge in [0.2, 0.25) is 0 Å². The van der Waals surface area contributed by atoms with Crippen LogP contribution in [0.4, 0.5) is 0 Å². The van der Waals surface area contributed by atoms with E-state index in [-0.39, 0.29) is 0 Å². The van der Waals surface area contributed by atoms with Gasteiger partial charge in [-0.15, -0.1) is 11.3 Å². The number of halogens is 1. The van der Waals surface area contributed by atoms with Crippen LogP contribution >= 0.6 is 22.9 Å². The molecule has 0 aliphatic rings. The summed E-state index contributed by atoms with van der Waals surface area (Å²) in [5, 5.41) is 6.45. The molecule has 1 unspecified atom stereocenters. The van der Waals surface area contributed by atoms with Gasteiger partial charge in [0.15, 0.2) is 0 Å².